The summed E-state index contributed by atoms with van der Waals surface area (Å²) in [6.45, 7) is 2.68. The monoisotopic (exact) mass is 537 g/mol. The molecule has 2 fully saturated rings. The van der Waals surface area contributed by atoms with Crippen molar-refractivity contribution in [3.63, 3.8) is 0 Å². The van der Waals surface area contributed by atoms with Gasteiger partial charge in [0.15, 0.2) is 0 Å². The van der Waals surface area contributed by atoms with Crippen molar-refractivity contribution in [1.82, 2.24) is 14.2 Å². The van der Waals surface area contributed by atoms with Crippen LogP contribution >= 0.6 is 11.8 Å². The molecular weight excluding hydrogens is 511 g/mol. The zero-order valence-corrected chi connectivity index (χ0v) is 20.4. The smallest absolute Gasteiger partial charge is 0.475 e. The van der Waals surface area contributed by atoms with Gasteiger partial charge in [0, 0.05) is 24.9 Å². The van der Waals surface area contributed by atoms with Crippen molar-refractivity contribution in [2.75, 3.05) is 31.3 Å². The predicted molar refractivity (Wildman–Crippen MR) is 121 cm³/mol. The summed E-state index contributed by atoms with van der Waals surface area (Å²) in [6, 6.07) is 8.52. The molecule has 35 heavy (non-hydrogen) atoms. The Balaban J connectivity index is 0.000000540. The third-order valence-corrected chi connectivity index (χ3v) is 8.39. The topological polar surface area (TPSA) is 148 Å². The number of nitriles is 1. The number of rotatable bonds is 5. The molecule has 3 rings (SSSR count). The lowest BCUT2D eigenvalue weighted by Crippen LogP contribution is -2.53. The molecule has 0 radical (unpaired) electrons. The van der Waals surface area contributed by atoms with Gasteiger partial charge in [0.25, 0.3) is 0 Å². The predicted octanol–water partition coefficient (Wildman–Crippen LogP) is 1.38. The number of piperidine rings is 1. The lowest BCUT2D eigenvalue weighted by molar-refractivity contribution is -0.192. The first-order valence-electron chi connectivity index (χ1n) is 10.4. The second-order valence-corrected chi connectivity index (χ2v) is 10.9. The Morgan fingerprint density at radius 3 is 2.29 bits per heavy atom. The van der Waals surface area contributed by atoms with Crippen LogP contribution in [0.3, 0.4) is 0 Å². The lowest BCUT2D eigenvalue weighted by atomic mass is 10.1. The van der Waals surface area contributed by atoms with Crippen LogP contribution in [0.4, 0.5) is 13.2 Å². The summed E-state index contributed by atoms with van der Waals surface area (Å²) in [5.74, 6) is 4.34. The number of carbonyl (C=O) groups excluding carboxylic acids is 1. The molecule has 1 amide bonds. The molecule has 10 nitrogen and oxygen atoms in total. The Hall–Kier alpha value is -2.38. The van der Waals surface area contributed by atoms with Gasteiger partial charge in [-0.25, -0.2) is 18.2 Å². The lowest BCUT2D eigenvalue weighted by Gasteiger charge is -2.36. The summed E-state index contributed by atoms with van der Waals surface area (Å²) in [5.41, 5.74) is 1.01. The normalized spacial score (nSPS) is 19.7. The molecule has 1 aromatic carbocycles. The second-order valence-electron chi connectivity index (χ2n) is 7.93. The molecule has 0 spiro atoms. The number of amides is 1. The van der Waals surface area contributed by atoms with Crippen LogP contribution in [-0.4, -0.2) is 89.1 Å². The molecule has 1 aromatic rings. The first-order valence-corrected chi connectivity index (χ1v) is 13.0. The second kappa shape index (κ2) is 12.0. The molecule has 194 valence electrons. The van der Waals surface area contributed by atoms with Crippen molar-refractivity contribution < 1.29 is 36.3 Å². The Morgan fingerprint density at radius 1 is 1.26 bits per heavy atom. The van der Waals surface area contributed by atoms with Crippen molar-refractivity contribution in [3.8, 4) is 6.07 Å². The van der Waals surface area contributed by atoms with Gasteiger partial charge in [-0.05, 0) is 31.9 Å². The van der Waals surface area contributed by atoms with Crippen LogP contribution in [-0.2, 0) is 19.6 Å². The first kappa shape index (κ1) is 28.9. The van der Waals surface area contributed by atoms with Gasteiger partial charge in [-0.3, -0.25) is 10.6 Å². The fourth-order valence-corrected chi connectivity index (χ4v) is 6.02. The van der Waals surface area contributed by atoms with Crippen molar-refractivity contribution in [2.45, 2.75) is 42.9 Å². The van der Waals surface area contributed by atoms with Gasteiger partial charge < -0.3 is 10.0 Å². The van der Waals surface area contributed by atoms with Crippen LogP contribution in [0.25, 0.3) is 0 Å². The summed E-state index contributed by atoms with van der Waals surface area (Å²) >= 11 is 1.56. The average molecular weight is 538 g/mol. The highest BCUT2D eigenvalue weighted by Gasteiger charge is 2.38. The largest absolute Gasteiger partial charge is 0.490 e. The minimum Gasteiger partial charge on any atom is -0.475 e. The number of alkyl halides is 3. The first-order chi connectivity index (χ1) is 16.3. The molecule has 0 unspecified atom stereocenters. The Morgan fingerprint density at radius 2 is 1.80 bits per heavy atom. The third kappa shape index (κ3) is 7.80. The van der Waals surface area contributed by atoms with E-state index in [0.717, 1.165) is 5.56 Å². The fraction of sp³-hybridized carbons (Fsp3) is 0.550. The molecule has 2 aliphatic heterocycles. The Bertz CT molecular complexity index is 1040. The Kier molecular flexibility index (Phi) is 9.93. The molecule has 2 aliphatic rings. The molecule has 3 N–H and O–H groups in total. The van der Waals surface area contributed by atoms with E-state index < -0.39 is 28.2 Å². The number of hydrazine groups is 1. The number of nitrogens with zero attached hydrogens (tertiary/aromatic N) is 4. The van der Waals surface area contributed by atoms with Crippen LogP contribution < -0.4 is 5.84 Å². The SMILES string of the molecule is Cc1ccc(S(=O)(=O)N2CCC(N(N)CC(=O)N3CSC[C@H]3C#N)CC2)cc1.O=C(O)C(F)(F)F. The minimum atomic E-state index is -5.08. The van der Waals surface area contributed by atoms with Gasteiger partial charge in [0.2, 0.25) is 15.9 Å². The van der Waals surface area contributed by atoms with Crippen molar-refractivity contribution in [2.24, 2.45) is 5.84 Å². The van der Waals surface area contributed by atoms with Gasteiger partial charge in [-0.15, -0.1) is 11.8 Å². The molecule has 2 saturated heterocycles. The minimum absolute atomic E-state index is 0.0358. The number of hydrogen-bond donors (Lipinski definition) is 2. The summed E-state index contributed by atoms with van der Waals surface area (Å²) in [5, 5.41) is 17.7. The molecule has 0 saturated carbocycles. The number of nitrogens with two attached hydrogens (primary N) is 1. The summed E-state index contributed by atoms with van der Waals surface area (Å²) < 4.78 is 58.8. The van der Waals surface area contributed by atoms with Gasteiger partial charge in [0.1, 0.15) is 6.04 Å². The highest BCUT2D eigenvalue weighted by molar-refractivity contribution is 7.99. The number of thioether (sulfide) groups is 1. The number of carbonyl (C=O) groups is 2. The zero-order valence-electron chi connectivity index (χ0n) is 18.8. The number of sulfonamides is 1. The molecular formula is C20H26F3N5O5S2. The number of benzene rings is 1. The van der Waals surface area contributed by atoms with E-state index in [4.69, 9.17) is 21.0 Å². The van der Waals surface area contributed by atoms with Crippen molar-refractivity contribution >= 4 is 33.7 Å². The highest BCUT2D eigenvalue weighted by Crippen LogP contribution is 2.24. The number of aryl methyl sites for hydroxylation is 1. The zero-order chi connectivity index (χ0) is 26.4. The van der Waals surface area contributed by atoms with Gasteiger partial charge in [-0.2, -0.15) is 22.7 Å². The number of aliphatic carboxylic acids is 1. The standard InChI is InChI=1S/C18H25N5O3S2.C2HF3O2/c1-14-2-4-17(5-3-14)28(25,26)21-8-6-15(7-9-21)23(20)11-18(24)22-13-27-12-16(22)10-19;3-2(4,5)1(6)7/h2-5,15-16H,6-9,11-13,20H2,1H3;(H,6,7)/t16-;/m1./s1. The maximum Gasteiger partial charge on any atom is 0.490 e. The average Bonchev–Trinajstić information content (AvgIpc) is 3.28. The van der Waals surface area contributed by atoms with E-state index in [-0.39, 0.29) is 18.5 Å². The fourth-order valence-electron chi connectivity index (χ4n) is 3.44. The van der Waals surface area contributed by atoms with E-state index in [0.29, 0.717) is 42.5 Å². The van der Waals surface area contributed by atoms with E-state index in [2.05, 4.69) is 6.07 Å². The molecule has 0 aliphatic carbocycles. The quantitative estimate of drug-likeness (QED) is 0.420. The van der Waals surface area contributed by atoms with Crippen LogP contribution in [0.2, 0.25) is 0 Å². The maximum absolute atomic E-state index is 12.8. The van der Waals surface area contributed by atoms with Gasteiger partial charge in [-0.1, -0.05) is 17.7 Å². The van der Waals surface area contributed by atoms with Crippen LogP contribution in [0, 0.1) is 18.3 Å². The molecule has 0 aromatic heterocycles. The summed E-state index contributed by atoms with van der Waals surface area (Å²) in [6.07, 6.45) is -3.96. The summed E-state index contributed by atoms with van der Waals surface area (Å²) in [4.78, 5) is 23.2. The molecule has 1 atom stereocenters. The number of halogens is 3. The van der Waals surface area contributed by atoms with Gasteiger partial charge >= 0.3 is 12.1 Å². The van der Waals surface area contributed by atoms with Crippen molar-refractivity contribution in [1.29, 1.82) is 5.26 Å². The molecule has 15 heteroatoms. The number of carboxylic acid groups (broad SMARTS) is 1. The maximum atomic E-state index is 12.8. The van der Waals surface area contributed by atoms with Crippen LogP contribution in [0.5, 0.6) is 0 Å². The van der Waals surface area contributed by atoms with E-state index in [1.165, 1.54) is 9.31 Å². The van der Waals surface area contributed by atoms with E-state index in [1.807, 2.05) is 6.92 Å². The third-order valence-electron chi connectivity index (χ3n) is 5.46. The van der Waals surface area contributed by atoms with Gasteiger partial charge in [0.05, 0.1) is 23.4 Å². The van der Waals surface area contributed by atoms with E-state index in [9.17, 15) is 26.4 Å². The van der Waals surface area contributed by atoms with Crippen molar-refractivity contribution in [3.05, 3.63) is 29.8 Å². The number of carboxylic acids is 1. The Labute approximate surface area is 205 Å². The number of hydrogen-bond acceptors (Lipinski definition) is 8. The van der Waals surface area contributed by atoms with Crippen LogP contribution in [0.15, 0.2) is 29.2 Å². The highest BCUT2D eigenvalue weighted by atomic mass is 32.2. The molecule has 0 bridgehead atoms. The molecule has 2 heterocycles. The van der Waals surface area contributed by atoms with Crippen LogP contribution in [0.1, 0.15) is 18.4 Å². The summed E-state index contributed by atoms with van der Waals surface area (Å²) in [7, 11) is -3.51. The van der Waals surface area contributed by atoms with E-state index >= 15 is 0 Å². The van der Waals surface area contributed by atoms with E-state index in [1.54, 1.807) is 40.9 Å².